The SMILES string of the molecule is O=CN(c1cc(C2=CCC(NC3CN(C(=O)c4ccnc(F)c4)C3)CC2)c2cc[nH]c2n1)C1CC1. The number of rotatable bonds is 7. The molecule has 1 aliphatic heterocycles. The second-order valence-electron chi connectivity index (χ2n) is 9.65. The third-order valence-electron chi connectivity index (χ3n) is 7.20. The zero-order chi connectivity index (χ0) is 23.9. The molecule has 2 amide bonds. The maximum atomic E-state index is 13.3. The number of nitrogens with one attached hydrogen (secondary N) is 2. The van der Waals surface area contributed by atoms with Gasteiger partial charge >= 0.3 is 0 Å². The summed E-state index contributed by atoms with van der Waals surface area (Å²) in [4.78, 5) is 39.1. The molecule has 1 unspecified atom stereocenters. The molecule has 2 fully saturated rings. The number of likely N-dealkylation sites (tertiary alicyclic amines) is 1. The third-order valence-corrected chi connectivity index (χ3v) is 7.20. The molecule has 6 rings (SSSR count). The number of amides is 2. The summed E-state index contributed by atoms with van der Waals surface area (Å²) in [5.74, 6) is -0.0860. The summed E-state index contributed by atoms with van der Waals surface area (Å²) >= 11 is 0. The number of halogens is 1. The number of hydrogen-bond acceptors (Lipinski definition) is 5. The summed E-state index contributed by atoms with van der Waals surface area (Å²) in [6.45, 7) is 1.24. The molecule has 35 heavy (non-hydrogen) atoms. The van der Waals surface area contributed by atoms with Gasteiger partial charge in [-0.05, 0) is 61.4 Å². The lowest BCUT2D eigenvalue weighted by Gasteiger charge is -2.42. The van der Waals surface area contributed by atoms with Crippen LogP contribution in [0.15, 0.2) is 42.7 Å². The smallest absolute Gasteiger partial charge is 0.254 e. The highest BCUT2D eigenvalue weighted by molar-refractivity contribution is 5.95. The first-order chi connectivity index (χ1) is 17.1. The first-order valence-electron chi connectivity index (χ1n) is 12.2. The number of pyridine rings is 2. The fourth-order valence-corrected chi connectivity index (χ4v) is 5.13. The number of allylic oxidation sites excluding steroid dienone is 1. The second-order valence-corrected chi connectivity index (χ2v) is 9.65. The van der Waals surface area contributed by atoms with Gasteiger partial charge in [0.1, 0.15) is 11.5 Å². The van der Waals surface area contributed by atoms with Gasteiger partial charge in [0, 0.05) is 60.6 Å². The number of carbonyl (C=O) groups excluding carboxylic acids is 2. The van der Waals surface area contributed by atoms with Crippen molar-refractivity contribution in [2.75, 3.05) is 18.0 Å². The van der Waals surface area contributed by atoms with E-state index in [0.717, 1.165) is 55.1 Å². The van der Waals surface area contributed by atoms with Crippen LogP contribution in [0.5, 0.6) is 0 Å². The molecule has 1 atom stereocenters. The standard InChI is InChI=1S/C26H27FN6O2/c27-23-11-17(7-9-28-23)26(35)32-13-19(14-32)30-18-3-1-16(2-4-18)22-12-24(33(15-34)20-5-6-20)31-25-21(22)8-10-29-25/h1,7-12,15,18-20,30H,2-6,13-14H2,(H,29,31). The predicted octanol–water partition coefficient (Wildman–Crippen LogP) is 3.27. The second kappa shape index (κ2) is 8.88. The summed E-state index contributed by atoms with van der Waals surface area (Å²) in [6.07, 6.45) is 11.3. The van der Waals surface area contributed by atoms with Crippen LogP contribution in [0.1, 0.15) is 48.0 Å². The number of fused-ring (bicyclic) bond motifs is 1. The average molecular weight is 475 g/mol. The molecular weight excluding hydrogens is 447 g/mol. The van der Waals surface area contributed by atoms with Gasteiger partial charge in [0.15, 0.2) is 0 Å². The minimum absolute atomic E-state index is 0.158. The summed E-state index contributed by atoms with van der Waals surface area (Å²) in [5, 5.41) is 4.75. The van der Waals surface area contributed by atoms with E-state index in [1.165, 1.54) is 17.8 Å². The van der Waals surface area contributed by atoms with E-state index in [1.54, 1.807) is 15.9 Å². The Bertz CT molecular complexity index is 1310. The first-order valence-corrected chi connectivity index (χ1v) is 12.2. The highest BCUT2D eigenvalue weighted by atomic mass is 19.1. The zero-order valence-corrected chi connectivity index (χ0v) is 19.3. The normalized spacial score (nSPS) is 20.4. The van der Waals surface area contributed by atoms with Crippen LogP contribution < -0.4 is 10.2 Å². The molecule has 3 aliphatic rings. The molecule has 1 saturated heterocycles. The van der Waals surface area contributed by atoms with Gasteiger partial charge in [-0.3, -0.25) is 14.5 Å². The van der Waals surface area contributed by atoms with E-state index in [9.17, 15) is 14.0 Å². The molecule has 180 valence electrons. The molecule has 3 aromatic heterocycles. The van der Waals surface area contributed by atoms with Crippen molar-refractivity contribution in [1.29, 1.82) is 0 Å². The van der Waals surface area contributed by atoms with Crippen LogP contribution >= 0.6 is 0 Å². The molecule has 9 heteroatoms. The van der Waals surface area contributed by atoms with Crippen molar-refractivity contribution in [1.82, 2.24) is 25.2 Å². The van der Waals surface area contributed by atoms with Crippen molar-refractivity contribution >= 4 is 34.7 Å². The molecule has 2 aliphatic carbocycles. The quantitative estimate of drug-likeness (QED) is 0.405. The lowest BCUT2D eigenvalue weighted by atomic mass is 9.89. The molecule has 4 heterocycles. The van der Waals surface area contributed by atoms with Crippen LogP contribution in [-0.2, 0) is 4.79 Å². The van der Waals surface area contributed by atoms with Crippen LogP contribution in [0.4, 0.5) is 10.2 Å². The Balaban J connectivity index is 1.10. The van der Waals surface area contributed by atoms with Gasteiger partial charge in [-0.15, -0.1) is 0 Å². The zero-order valence-electron chi connectivity index (χ0n) is 19.3. The highest BCUT2D eigenvalue weighted by Gasteiger charge is 2.33. The van der Waals surface area contributed by atoms with E-state index in [0.29, 0.717) is 30.5 Å². The molecule has 8 nitrogen and oxygen atoms in total. The highest BCUT2D eigenvalue weighted by Crippen LogP contribution is 2.36. The maximum Gasteiger partial charge on any atom is 0.254 e. The fourth-order valence-electron chi connectivity index (χ4n) is 5.13. The third kappa shape index (κ3) is 4.32. The van der Waals surface area contributed by atoms with E-state index >= 15 is 0 Å². The van der Waals surface area contributed by atoms with Crippen LogP contribution in [0, 0.1) is 5.95 Å². The van der Waals surface area contributed by atoms with Crippen LogP contribution in [0.25, 0.3) is 16.6 Å². The Morgan fingerprint density at radius 2 is 2.06 bits per heavy atom. The molecule has 2 N–H and O–H groups in total. The Morgan fingerprint density at radius 1 is 1.20 bits per heavy atom. The van der Waals surface area contributed by atoms with Crippen molar-refractivity contribution < 1.29 is 14.0 Å². The van der Waals surface area contributed by atoms with Crippen molar-refractivity contribution in [3.05, 3.63) is 59.8 Å². The van der Waals surface area contributed by atoms with Crippen molar-refractivity contribution in [2.24, 2.45) is 0 Å². The lowest BCUT2D eigenvalue weighted by molar-refractivity contribution is -0.107. The van der Waals surface area contributed by atoms with Gasteiger partial charge in [0.2, 0.25) is 12.4 Å². The van der Waals surface area contributed by atoms with Crippen molar-refractivity contribution in [2.45, 2.75) is 50.2 Å². The summed E-state index contributed by atoms with van der Waals surface area (Å²) < 4.78 is 13.3. The molecule has 0 aromatic carbocycles. The largest absolute Gasteiger partial charge is 0.346 e. The van der Waals surface area contributed by atoms with E-state index < -0.39 is 5.95 Å². The number of anilines is 1. The molecule has 0 bridgehead atoms. The monoisotopic (exact) mass is 474 g/mol. The number of carbonyl (C=O) groups is 2. The van der Waals surface area contributed by atoms with Crippen molar-refractivity contribution in [3.8, 4) is 0 Å². The summed E-state index contributed by atoms with van der Waals surface area (Å²) in [7, 11) is 0. The summed E-state index contributed by atoms with van der Waals surface area (Å²) in [6, 6.07) is 7.69. The number of aromatic nitrogens is 3. The van der Waals surface area contributed by atoms with E-state index in [2.05, 4.69) is 32.4 Å². The predicted molar refractivity (Wildman–Crippen MR) is 130 cm³/mol. The Morgan fingerprint density at radius 3 is 2.77 bits per heavy atom. The van der Waals surface area contributed by atoms with Gasteiger partial charge in [0.05, 0.1) is 0 Å². The minimum atomic E-state index is -0.638. The molecule has 3 aromatic rings. The number of hydrogen-bond donors (Lipinski definition) is 2. The van der Waals surface area contributed by atoms with E-state index in [1.807, 2.05) is 12.3 Å². The molecular formula is C26H27FN6O2. The molecule has 0 spiro atoms. The molecule has 1 saturated carbocycles. The Kier molecular flexibility index (Phi) is 5.56. The number of nitrogens with zero attached hydrogens (tertiary/aromatic N) is 4. The average Bonchev–Trinajstić information content (AvgIpc) is 3.56. The summed E-state index contributed by atoms with van der Waals surface area (Å²) in [5.41, 5.74) is 3.56. The first kappa shape index (κ1) is 21.9. The number of aromatic amines is 1. The fraction of sp³-hybridized carbons (Fsp3) is 0.385. The van der Waals surface area contributed by atoms with Crippen molar-refractivity contribution in [3.63, 3.8) is 0 Å². The molecule has 0 radical (unpaired) electrons. The van der Waals surface area contributed by atoms with Gasteiger partial charge in [-0.1, -0.05) is 6.08 Å². The Labute approximate surface area is 202 Å². The van der Waals surface area contributed by atoms with E-state index in [-0.39, 0.29) is 18.0 Å². The van der Waals surface area contributed by atoms with Crippen LogP contribution in [-0.4, -0.2) is 63.4 Å². The van der Waals surface area contributed by atoms with Gasteiger partial charge in [-0.25, -0.2) is 9.97 Å². The Hall–Kier alpha value is -3.59. The van der Waals surface area contributed by atoms with Gasteiger partial charge < -0.3 is 15.2 Å². The van der Waals surface area contributed by atoms with Gasteiger partial charge in [0.25, 0.3) is 5.91 Å². The topological polar surface area (TPSA) is 94.2 Å². The van der Waals surface area contributed by atoms with Crippen LogP contribution in [0.3, 0.4) is 0 Å². The minimum Gasteiger partial charge on any atom is -0.346 e. The van der Waals surface area contributed by atoms with E-state index in [4.69, 9.17) is 0 Å². The van der Waals surface area contributed by atoms with Crippen LogP contribution in [0.2, 0.25) is 0 Å². The number of H-pyrrole nitrogens is 1. The van der Waals surface area contributed by atoms with Gasteiger partial charge in [-0.2, -0.15) is 4.39 Å². The lowest BCUT2D eigenvalue weighted by Crippen LogP contribution is -2.61. The maximum absolute atomic E-state index is 13.3.